The number of nitrogens with zero attached hydrogens (tertiary/aromatic N) is 1. The van der Waals surface area contributed by atoms with E-state index in [1.54, 1.807) is 25.0 Å². The minimum absolute atomic E-state index is 0. The van der Waals surface area contributed by atoms with Crippen LogP contribution < -0.4 is 15.8 Å². The number of nitrogens with one attached hydrogen (secondary N) is 1. The maximum Gasteiger partial charge on any atom is 0.247 e. The van der Waals surface area contributed by atoms with Gasteiger partial charge in [-0.15, -0.1) is 12.4 Å². The van der Waals surface area contributed by atoms with Crippen molar-refractivity contribution in [2.45, 2.75) is 31.8 Å². The summed E-state index contributed by atoms with van der Waals surface area (Å²) in [6.07, 6.45) is 1.45. The van der Waals surface area contributed by atoms with Crippen LogP contribution in [0.1, 0.15) is 19.8 Å². The van der Waals surface area contributed by atoms with E-state index in [-0.39, 0.29) is 24.2 Å². The number of carbonyl (C=O) groups excluding carboxylic acids is 2. The quantitative estimate of drug-likeness (QED) is 0.857. The molecule has 0 radical (unpaired) electrons. The topological polar surface area (TPSA) is 84.7 Å². The number of halogens is 1. The van der Waals surface area contributed by atoms with Crippen LogP contribution in [0.4, 0.5) is 5.69 Å². The number of nitrogens with two attached hydrogens (primary N) is 1. The summed E-state index contributed by atoms with van der Waals surface area (Å²) in [5.74, 6) is 0.320. The van der Waals surface area contributed by atoms with E-state index in [9.17, 15) is 9.59 Å². The average Bonchev–Trinajstić information content (AvgIpc) is 3.09. The predicted octanol–water partition coefficient (Wildman–Crippen LogP) is 2.55. The number of likely N-dealkylation sites (tertiary alicyclic amines) is 1. The molecule has 0 unspecified atom stereocenters. The van der Waals surface area contributed by atoms with E-state index in [1.807, 2.05) is 30.3 Å². The highest BCUT2D eigenvalue weighted by molar-refractivity contribution is 6.01. The molecule has 3 N–H and O–H groups in total. The zero-order valence-corrected chi connectivity index (χ0v) is 15.7. The molecule has 2 atom stereocenters. The second-order valence-corrected chi connectivity index (χ2v) is 6.37. The molecule has 1 heterocycles. The lowest BCUT2D eigenvalue weighted by Gasteiger charge is -2.25. The highest BCUT2D eigenvalue weighted by Crippen LogP contribution is 2.30. The van der Waals surface area contributed by atoms with Crippen LogP contribution in [-0.4, -0.2) is 42.5 Å². The number of rotatable bonds is 4. The third-order valence-electron chi connectivity index (χ3n) is 4.54. The molecule has 1 aliphatic rings. The average molecular weight is 378 g/mol. The van der Waals surface area contributed by atoms with E-state index in [1.165, 1.54) is 0 Å². The SMILES string of the molecule is COc1cc(NC(=O)[C@@H]2CCCN2C(=O)[C@H](C)N)cc2ccccc12.Cl. The number of methoxy groups -OCH3 is 1. The molecule has 0 bridgehead atoms. The van der Waals surface area contributed by atoms with E-state index in [0.717, 1.165) is 17.2 Å². The summed E-state index contributed by atoms with van der Waals surface area (Å²) in [4.78, 5) is 26.5. The number of carbonyl (C=O) groups is 2. The molecule has 2 amide bonds. The number of anilines is 1. The Balaban J connectivity index is 0.00000243. The highest BCUT2D eigenvalue weighted by Gasteiger charge is 2.35. The Kier molecular flexibility index (Phi) is 6.45. The molecule has 140 valence electrons. The molecule has 2 aromatic rings. The van der Waals surface area contributed by atoms with Crippen LogP contribution in [0.5, 0.6) is 5.75 Å². The number of amides is 2. The van der Waals surface area contributed by atoms with Crippen LogP contribution in [0.2, 0.25) is 0 Å². The van der Waals surface area contributed by atoms with Gasteiger partial charge in [0.15, 0.2) is 0 Å². The fourth-order valence-corrected chi connectivity index (χ4v) is 3.31. The molecule has 1 saturated heterocycles. The number of ether oxygens (including phenoxy) is 1. The molecule has 1 aliphatic heterocycles. The number of hydrogen-bond acceptors (Lipinski definition) is 4. The maximum absolute atomic E-state index is 12.7. The summed E-state index contributed by atoms with van der Waals surface area (Å²) < 4.78 is 5.43. The Morgan fingerprint density at radius 1 is 1.31 bits per heavy atom. The zero-order chi connectivity index (χ0) is 18.0. The minimum Gasteiger partial charge on any atom is -0.496 e. The Bertz CT molecular complexity index is 810. The van der Waals surface area contributed by atoms with Gasteiger partial charge in [0.2, 0.25) is 11.8 Å². The summed E-state index contributed by atoms with van der Waals surface area (Å²) >= 11 is 0. The van der Waals surface area contributed by atoms with E-state index < -0.39 is 12.1 Å². The standard InChI is InChI=1S/C19H23N3O3.ClH/c1-12(20)19(24)22-9-5-8-16(22)18(23)21-14-10-13-6-3-4-7-15(13)17(11-14)25-2;/h3-4,6-7,10-12,16H,5,8-9,20H2,1-2H3,(H,21,23);1H/t12-,16-;/m0./s1. The van der Waals surface area contributed by atoms with Crippen molar-refractivity contribution in [1.29, 1.82) is 0 Å². The van der Waals surface area contributed by atoms with Crippen molar-refractivity contribution in [3.63, 3.8) is 0 Å². The van der Waals surface area contributed by atoms with E-state index in [4.69, 9.17) is 10.5 Å². The van der Waals surface area contributed by atoms with Gasteiger partial charge in [-0.2, -0.15) is 0 Å². The molecule has 0 aromatic heterocycles. The Hall–Kier alpha value is -2.31. The fourth-order valence-electron chi connectivity index (χ4n) is 3.31. The van der Waals surface area contributed by atoms with Crippen LogP contribution in [0, 0.1) is 0 Å². The minimum atomic E-state index is -0.603. The molecule has 2 aromatic carbocycles. The van der Waals surface area contributed by atoms with Crippen molar-refractivity contribution in [2.24, 2.45) is 5.73 Å². The van der Waals surface area contributed by atoms with Crippen molar-refractivity contribution in [3.05, 3.63) is 36.4 Å². The molecular weight excluding hydrogens is 354 g/mol. The number of benzene rings is 2. The summed E-state index contributed by atoms with van der Waals surface area (Å²) in [6, 6.07) is 10.4. The van der Waals surface area contributed by atoms with E-state index in [0.29, 0.717) is 24.4 Å². The van der Waals surface area contributed by atoms with Gasteiger partial charge in [0.25, 0.3) is 0 Å². The van der Waals surface area contributed by atoms with Crippen molar-refractivity contribution in [3.8, 4) is 5.75 Å². The molecular formula is C19H24ClN3O3. The van der Waals surface area contributed by atoms with Gasteiger partial charge in [0.1, 0.15) is 11.8 Å². The second-order valence-electron chi connectivity index (χ2n) is 6.37. The number of hydrogen-bond donors (Lipinski definition) is 2. The van der Waals surface area contributed by atoms with Crippen LogP contribution >= 0.6 is 12.4 Å². The molecule has 0 saturated carbocycles. The molecule has 6 nitrogen and oxygen atoms in total. The maximum atomic E-state index is 12.7. The largest absolute Gasteiger partial charge is 0.496 e. The van der Waals surface area contributed by atoms with Crippen LogP contribution in [0.25, 0.3) is 10.8 Å². The first kappa shape index (κ1) is 20.0. The normalized spacial score (nSPS) is 17.5. The van der Waals surface area contributed by atoms with Gasteiger partial charge < -0.3 is 20.7 Å². The lowest BCUT2D eigenvalue weighted by Crippen LogP contribution is -2.48. The van der Waals surface area contributed by atoms with Crippen LogP contribution in [0.15, 0.2) is 36.4 Å². The summed E-state index contributed by atoms with van der Waals surface area (Å²) in [6.45, 7) is 2.21. The van der Waals surface area contributed by atoms with Gasteiger partial charge in [-0.05, 0) is 31.2 Å². The van der Waals surface area contributed by atoms with Crippen molar-refractivity contribution >= 4 is 40.7 Å². The third kappa shape index (κ3) is 3.92. The predicted molar refractivity (Wildman–Crippen MR) is 105 cm³/mol. The van der Waals surface area contributed by atoms with Gasteiger partial charge in [-0.3, -0.25) is 9.59 Å². The summed E-state index contributed by atoms with van der Waals surface area (Å²) in [5.41, 5.74) is 6.34. The third-order valence-corrected chi connectivity index (χ3v) is 4.54. The van der Waals surface area contributed by atoms with Crippen LogP contribution in [-0.2, 0) is 9.59 Å². The molecule has 0 spiro atoms. The van der Waals surface area contributed by atoms with Crippen molar-refractivity contribution < 1.29 is 14.3 Å². The first-order chi connectivity index (χ1) is 12.0. The Morgan fingerprint density at radius 3 is 2.73 bits per heavy atom. The van der Waals surface area contributed by atoms with E-state index >= 15 is 0 Å². The van der Waals surface area contributed by atoms with Gasteiger partial charge in [-0.1, -0.05) is 24.3 Å². The van der Waals surface area contributed by atoms with Crippen LogP contribution in [0.3, 0.4) is 0 Å². The first-order valence-corrected chi connectivity index (χ1v) is 8.45. The first-order valence-electron chi connectivity index (χ1n) is 8.45. The highest BCUT2D eigenvalue weighted by atomic mass is 35.5. The molecule has 3 rings (SSSR count). The lowest BCUT2D eigenvalue weighted by atomic mass is 10.1. The lowest BCUT2D eigenvalue weighted by molar-refractivity contribution is -0.137. The monoisotopic (exact) mass is 377 g/mol. The van der Waals surface area contributed by atoms with Gasteiger partial charge in [0.05, 0.1) is 13.2 Å². The zero-order valence-electron chi connectivity index (χ0n) is 14.9. The van der Waals surface area contributed by atoms with Crippen molar-refractivity contribution in [1.82, 2.24) is 4.90 Å². The molecule has 26 heavy (non-hydrogen) atoms. The van der Waals surface area contributed by atoms with E-state index in [2.05, 4.69) is 5.32 Å². The van der Waals surface area contributed by atoms with Gasteiger partial charge >= 0.3 is 0 Å². The second kappa shape index (κ2) is 8.38. The molecule has 7 heteroatoms. The van der Waals surface area contributed by atoms with Gasteiger partial charge in [-0.25, -0.2) is 0 Å². The van der Waals surface area contributed by atoms with Gasteiger partial charge in [0, 0.05) is 23.7 Å². The number of fused-ring (bicyclic) bond motifs is 1. The molecule has 0 aliphatic carbocycles. The summed E-state index contributed by atoms with van der Waals surface area (Å²) in [7, 11) is 1.60. The summed E-state index contributed by atoms with van der Waals surface area (Å²) in [5, 5.41) is 4.88. The Morgan fingerprint density at radius 2 is 2.04 bits per heavy atom. The Labute approximate surface area is 159 Å². The van der Waals surface area contributed by atoms with Crippen molar-refractivity contribution in [2.75, 3.05) is 19.0 Å². The fraction of sp³-hybridized carbons (Fsp3) is 0.368. The smallest absolute Gasteiger partial charge is 0.247 e. The molecule has 1 fully saturated rings.